The summed E-state index contributed by atoms with van der Waals surface area (Å²) in [5.74, 6) is 1.96. The van der Waals surface area contributed by atoms with E-state index in [0.717, 1.165) is 79.6 Å². The highest BCUT2D eigenvalue weighted by Crippen LogP contribution is 2.68. The van der Waals surface area contributed by atoms with Gasteiger partial charge in [-0.05, 0) is 62.5 Å². The second kappa shape index (κ2) is 6.47. The van der Waals surface area contributed by atoms with Crippen LogP contribution in [0, 0.1) is 23.2 Å². The Morgan fingerprint density at radius 1 is 1.07 bits per heavy atom. The number of fused-ring (bicyclic) bond motifs is 1. The summed E-state index contributed by atoms with van der Waals surface area (Å²) in [6, 6.07) is 0. The number of cyclic esters (lactones) is 2. The molecule has 4 aliphatic carbocycles. The summed E-state index contributed by atoms with van der Waals surface area (Å²) in [5.41, 5.74) is 2.29. The molecule has 2 aliphatic heterocycles. The summed E-state index contributed by atoms with van der Waals surface area (Å²) in [5, 5.41) is 0. The molecule has 0 N–H and O–H groups in total. The van der Waals surface area contributed by atoms with Gasteiger partial charge in [-0.15, -0.1) is 0 Å². The van der Waals surface area contributed by atoms with Gasteiger partial charge in [-0.3, -0.25) is 0 Å². The third-order valence-electron chi connectivity index (χ3n) is 7.43. The SMILES string of the molecule is CCC/C=C1\OC(=O)C2=C1CCC1C3C=C4C(=O)O/C(=C\CCC)[C@@]4(CC3)C21. The van der Waals surface area contributed by atoms with Gasteiger partial charge < -0.3 is 9.47 Å². The van der Waals surface area contributed by atoms with Crippen LogP contribution in [0.3, 0.4) is 0 Å². The summed E-state index contributed by atoms with van der Waals surface area (Å²) >= 11 is 0. The molecule has 4 nitrogen and oxygen atoms in total. The third kappa shape index (κ3) is 2.23. The minimum Gasteiger partial charge on any atom is -0.427 e. The summed E-state index contributed by atoms with van der Waals surface area (Å²) in [4.78, 5) is 25.8. The Morgan fingerprint density at radius 3 is 2.64 bits per heavy atom. The average Bonchev–Trinajstić information content (AvgIpc) is 3.19. The smallest absolute Gasteiger partial charge is 0.340 e. The molecular formula is C24H28O4. The molecule has 0 aromatic rings. The fourth-order valence-electron chi connectivity index (χ4n) is 6.29. The number of allylic oxidation sites excluding steroid dienone is 5. The first-order valence-corrected chi connectivity index (χ1v) is 10.9. The van der Waals surface area contributed by atoms with E-state index in [0.29, 0.717) is 11.8 Å². The van der Waals surface area contributed by atoms with E-state index in [1.807, 2.05) is 0 Å². The fourth-order valence-corrected chi connectivity index (χ4v) is 6.29. The van der Waals surface area contributed by atoms with E-state index < -0.39 is 5.41 Å². The molecule has 3 unspecified atom stereocenters. The van der Waals surface area contributed by atoms with E-state index in [1.165, 1.54) is 0 Å². The highest BCUT2D eigenvalue weighted by Gasteiger charge is 2.66. The minimum absolute atomic E-state index is 0.0181. The standard InChI is InChI=1S/C24H28O4/c1-3-5-7-18-16-10-9-15-14-11-12-24(21(15)20(16)23(26)27-18)17(13-14)22(25)28-19(24)8-6-4-2/h7-8,13-15,21H,3-6,9-12H2,1-2H3/b18-7-,19-8-/t14?,15?,21?,24-/m0/s1. The second-order valence-electron chi connectivity index (χ2n) is 8.82. The van der Waals surface area contributed by atoms with Gasteiger partial charge in [-0.1, -0.05) is 32.8 Å². The molecule has 4 heteroatoms. The molecule has 2 heterocycles. The lowest BCUT2D eigenvalue weighted by molar-refractivity contribution is -0.135. The van der Waals surface area contributed by atoms with Gasteiger partial charge in [-0.25, -0.2) is 9.59 Å². The topological polar surface area (TPSA) is 52.6 Å². The molecule has 1 saturated heterocycles. The molecule has 6 rings (SSSR count). The molecule has 6 aliphatic rings. The molecule has 1 saturated carbocycles. The highest BCUT2D eigenvalue weighted by atomic mass is 16.5. The van der Waals surface area contributed by atoms with Gasteiger partial charge in [0.1, 0.15) is 11.5 Å². The van der Waals surface area contributed by atoms with E-state index >= 15 is 0 Å². The molecular weight excluding hydrogens is 352 g/mol. The molecule has 0 aromatic heterocycles. The van der Waals surface area contributed by atoms with Crippen molar-refractivity contribution in [2.75, 3.05) is 0 Å². The maximum atomic E-state index is 13.0. The molecule has 0 aromatic carbocycles. The number of esters is 2. The van der Waals surface area contributed by atoms with Crippen LogP contribution in [-0.2, 0) is 19.1 Å². The maximum absolute atomic E-state index is 13.0. The summed E-state index contributed by atoms with van der Waals surface area (Å²) in [7, 11) is 0. The normalized spacial score (nSPS) is 38.4. The number of carbonyl (C=O) groups excluding carboxylic acids is 2. The van der Waals surface area contributed by atoms with Crippen LogP contribution in [0.5, 0.6) is 0 Å². The first kappa shape index (κ1) is 18.0. The Bertz CT molecular complexity index is 871. The Labute approximate surface area is 166 Å². The van der Waals surface area contributed by atoms with Crippen LogP contribution in [0.25, 0.3) is 0 Å². The van der Waals surface area contributed by atoms with Crippen molar-refractivity contribution in [2.45, 2.75) is 65.2 Å². The molecule has 148 valence electrons. The number of hydrogen-bond acceptors (Lipinski definition) is 4. The molecule has 4 atom stereocenters. The molecule has 0 radical (unpaired) electrons. The number of ether oxygens (including phenoxy) is 2. The van der Waals surface area contributed by atoms with Crippen LogP contribution < -0.4 is 0 Å². The lowest BCUT2D eigenvalue weighted by Gasteiger charge is -2.54. The largest absolute Gasteiger partial charge is 0.427 e. The lowest BCUT2D eigenvalue weighted by atomic mass is 9.47. The zero-order valence-electron chi connectivity index (χ0n) is 16.8. The molecule has 2 fully saturated rings. The van der Waals surface area contributed by atoms with Crippen LogP contribution in [0.2, 0.25) is 0 Å². The minimum atomic E-state index is -0.452. The van der Waals surface area contributed by atoms with Gasteiger partial charge in [0.05, 0.1) is 5.41 Å². The van der Waals surface area contributed by atoms with Gasteiger partial charge in [0.15, 0.2) is 0 Å². The van der Waals surface area contributed by atoms with Crippen molar-refractivity contribution in [2.24, 2.45) is 23.2 Å². The van der Waals surface area contributed by atoms with Crippen molar-refractivity contribution in [1.29, 1.82) is 0 Å². The van der Waals surface area contributed by atoms with Gasteiger partial charge in [0, 0.05) is 22.6 Å². The number of carbonyl (C=O) groups is 2. The second-order valence-corrected chi connectivity index (χ2v) is 8.82. The van der Waals surface area contributed by atoms with E-state index in [-0.39, 0.29) is 17.9 Å². The van der Waals surface area contributed by atoms with Crippen LogP contribution in [-0.4, -0.2) is 11.9 Å². The van der Waals surface area contributed by atoms with Crippen molar-refractivity contribution in [3.63, 3.8) is 0 Å². The molecule has 1 spiro atoms. The Balaban J connectivity index is 1.68. The predicted octanol–water partition coefficient (Wildman–Crippen LogP) is 5.13. The monoisotopic (exact) mass is 380 g/mol. The first-order chi connectivity index (χ1) is 13.6. The quantitative estimate of drug-likeness (QED) is 0.635. The Morgan fingerprint density at radius 2 is 1.86 bits per heavy atom. The molecule has 0 amide bonds. The predicted molar refractivity (Wildman–Crippen MR) is 105 cm³/mol. The zero-order valence-corrected chi connectivity index (χ0v) is 16.8. The fraction of sp³-hybridized carbons (Fsp3) is 0.583. The van der Waals surface area contributed by atoms with E-state index in [9.17, 15) is 9.59 Å². The van der Waals surface area contributed by atoms with Crippen molar-refractivity contribution in [1.82, 2.24) is 0 Å². The number of hydrogen-bond donors (Lipinski definition) is 0. The van der Waals surface area contributed by atoms with E-state index in [1.54, 1.807) is 0 Å². The Hall–Kier alpha value is -2.10. The lowest BCUT2D eigenvalue weighted by Crippen LogP contribution is -2.50. The van der Waals surface area contributed by atoms with E-state index in [4.69, 9.17) is 9.47 Å². The first-order valence-electron chi connectivity index (χ1n) is 10.9. The molecule has 2 bridgehead atoms. The van der Waals surface area contributed by atoms with Crippen LogP contribution in [0.15, 0.2) is 46.5 Å². The van der Waals surface area contributed by atoms with Crippen molar-refractivity contribution in [3.8, 4) is 0 Å². The maximum Gasteiger partial charge on any atom is 0.340 e. The van der Waals surface area contributed by atoms with Gasteiger partial charge in [0.2, 0.25) is 0 Å². The van der Waals surface area contributed by atoms with Crippen molar-refractivity contribution in [3.05, 3.63) is 46.5 Å². The van der Waals surface area contributed by atoms with E-state index in [2.05, 4.69) is 32.1 Å². The summed E-state index contributed by atoms with van der Waals surface area (Å²) in [6.07, 6.45) is 14.1. The van der Waals surface area contributed by atoms with Crippen LogP contribution in [0.4, 0.5) is 0 Å². The molecule has 28 heavy (non-hydrogen) atoms. The summed E-state index contributed by atoms with van der Waals surface area (Å²) < 4.78 is 11.6. The van der Waals surface area contributed by atoms with Gasteiger partial charge in [0.25, 0.3) is 0 Å². The Kier molecular flexibility index (Phi) is 4.15. The van der Waals surface area contributed by atoms with Crippen molar-refractivity contribution >= 4 is 11.9 Å². The number of unbranched alkanes of at least 4 members (excludes halogenated alkanes) is 2. The third-order valence-corrected chi connectivity index (χ3v) is 7.43. The van der Waals surface area contributed by atoms with Crippen LogP contribution in [0.1, 0.15) is 65.2 Å². The van der Waals surface area contributed by atoms with Gasteiger partial charge in [-0.2, -0.15) is 0 Å². The zero-order chi connectivity index (χ0) is 19.5. The highest BCUT2D eigenvalue weighted by molar-refractivity contribution is 5.99. The van der Waals surface area contributed by atoms with Crippen LogP contribution >= 0.6 is 0 Å². The number of rotatable bonds is 4. The van der Waals surface area contributed by atoms with Crippen molar-refractivity contribution < 1.29 is 19.1 Å². The van der Waals surface area contributed by atoms with Gasteiger partial charge >= 0.3 is 11.9 Å². The summed E-state index contributed by atoms with van der Waals surface area (Å²) in [6.45, 7) is 4.26. The average molecular weight is 380 g/mol.